The largest absolute Gasteiger partial charge is 0.379 e. The molecule has 1 saturated heterocycles. The fourth-order valence-corrected chi connectivity index (χ4v) is 3.00. The van der Waals surface area contributed by atoms with Crippen LogP contribution in [-0.4, -0.2) is 26.3 Å². The smallest absolute Gasteiger partial charge is 0.0670 e. The van der Waals surface area contributed by atoms with E-state index in [9.17, 15) is 0 Å². The minimum absolute atomic E-state index is 0.506. The van der Waals surface area contributed by atoms with Gasteiger partial charge in [0.15, 0.2) is 0 Å². The van der Waals surface area contributed by atoms with Crippen molar-refractivity contribution >= 4 is 37.5 Å². The van der Waals surface area contributed by atoms with Crippen LogP contribution in [0.15, 0.2) is 22.7 Å². The second-order valence-corrected chi connectivity index (χ2v) is 5.46. The van der Waals surface area contributed by atoms with Crippen LogP contribution < -0.4 is 4.90 Å². The summed E-state index contributed by atoms with van der Waals surface area (Å²) in [5.74, 6) is 0. The SMILES string of the molecule is CN(c1ccc(CBr)cc1Br)C1CCOC1. The molecule has 88 valence electrons. The number of hydrogen-bond donors (Lipinski definition) is 0. The first-order valence-corrected chi connectivity index (χ1v) is 7.29. The van der Waals surface area contributed by atoms with Crippen LogP contribution >= 0.6 is 31.9 Å². The molecule has 1 aromatic rings. The molecule has 2 rings (SSSR count). The van der Waals surface area contributed by atoms with Gasteiger partial charge in [0.2, 0.25) is 0 Å². The minimum atomic E-state index is 0.506. The standard InChI is InChI=1S/C12H15Br2NO/c1-15(10-4-5-16-8-10)12-3-2-9(7-13)6-11(12)14/h2-3,6,10H,4-5,7-8H2,1H3. The van der Waals surface area contributed by atoms with Gasteiger partial charge in [0, 0.05) is 23.5 Å². The fourth-order valence-electron chi connectivity index (χ4n) is 1.94. The van der Waals surface area contributed by atoms with E-state index in [0.29, 0.717) is 6.04 Å². The summed E-state index contributed by atoms with van der Waals surface area (Å²) in [4.78, 5) is 2.30. The van der Waals surface area contributed by atoms with E-state index in [0.717, 1.165) is 29.4 Å². The first-order valence-electron chi connectivity index (χ1n) is 5.37. The summed E-state index contributed by atoms with van der Waals surface area (Å²) >= 11 is 7.10. The van der Waals surface area contributed by atoms with E-state index in [1.165, 1.54) is 11.3 Å². The number of benzene rings is 1. The molecule has 1 fully saturated rings. The summed E-state index contributed by atoms with van der Waals surface area (Å²) in [5.41, 5.74) is 2.52. The Morgan fingerprint density at radius 1 is 1.50 bits per heavy atom. The fraction of sp³-hybridized carbons (Fsp3) is 0.500. The number of likely N-dealkylation sites (N-methyl/N-ethyl adjacent to an activating group) is 1. The highest BCUT2D eigenvalue weighted by atomic mass is 79.9. The molecular formula is C12H15Br2NO. The highest BCUT2D eigenvalue weighted by molar-refractivity contribution is 9.10. The maximum absolute atomic E-state index is 5.42. The molecular weight excluding hydrogens is 334 g/mol. The predicted molar refractivity (Wildman–Crippen MR) is 74.4 cm³/mol. The lowest BCUT2D eigenvalue weighted by Crippen LogP contribution is -2.31. The van der Waals surface area contributed by atoms with Gasteiger partial charge in [-0.2, -0.15) is 0 Å². The highest BCUT2D eigenvalue weighted by Crippen LogP contribution is 2.30. The molecule has 2 nitrogen and oxygen atoms in total. The highest BCUT2D eigenvalue weighted by Gasteiger charge is 2.21. The van der Waals surface area contributed by atoms with E-state index >= 15 is 0 Å². The predicted octanol–water partition coefficient (Wildman–Crippen LogP) is 3.57. The number of ether oxygens (including phenoxy) is 1. The Labute approximate surface area is 113 Å². The summed E-state index contributed by atoms with van der Waals surface area (Å²) in [6, 6.07) is 6.99. The zero-order valence-electron chi connectivity index (χ0n) is 9.25. The van der Waals surface area contributed by atoms with Crippen LogP contribution in [0.5, 0.6) is 0 Å². The van der Waals surface area contributed by atoms with Crippen molar-refractivity contribution in [2.45, 2.75) is 17.8 Å². The Morgan fingerprint density at radius 3 is 2.88 bits per heavy atom. The average molecular weight is 349 g/mol. The molecule has 0 spiro atoms. The molecule has 1 heterocycles. The van der Waals surface area contributed by atoms with Gasteiger partial charge in [0.25, 0.3) is 0 Å². The normalized spacial score (nSPS) is 20.1. The van der Waals surface area contributed by atoms with E-state index in [1.54, 1.807) is 0 Å². The maximum atomic E-state index is 5.42. The third-order valence-electron chi connectivity index (χ3n) is 3.00. The number of alkyl halides is 1. The number of anilines is 1. The van der Waals surface area contributed by atoms with Gasteiger partial charge >= 0.3 is 0 Å². The van der Waals surface area contributed by atoms with Gasteiger partial charge in [0.1, 0.15) is 0 Å². The van der Waals surface area contributed by atoms with Crippen molar-refractivity contribution in [1.82, 2.24) is 0 Å². The maximum Gasteiger partial charge on any atom is 0.0670 e. The molecule has 0 aromatic heterocycles. The van der Waals surface area contributed by atoms with Crippen molar-refractivity contribution in [3.05, 3.63) is 28.2 Å². The third kappa shape index (κ3) is 2.60. The topological polar surface area (TPSA) is 12.5 Å². The number of halogens is 2. The van der Waals surface area contributed by atoms with E-state index in [1.807, 2.05) is 0 Å². The number of nitrogens with zero attached hydrogens (tertiary/aromatic N) is 1. The zero-order valence-corrected chi connectivity index (χ0v) is 12.4. The molecule has 1 atom stereocenters. The number of hydrogen-bond acceptors (Lipinski definition) is 2. The summed E-state index contributed by atoms with van der Waals surface area (Å²) in [6.45, 7) is 1.72. The first-order chi connectivity index (χ1) is 7.72. The molecule has 1 aliphatic heterocycles. The summed E-state index contributed by atoms with van der Waals surface area (Å²) < 4.78 is 6.57. The molecule has 0 amide bonds. The van der Waals surface area contributed by atoms with Crippen LogP contribution in [0.1, 0.15) is 12.0 Å². The van der Waals surface area contributed by atoms with Crippen LogP contribution in [0.2, 0.25) is 0 Å². The monoisotopic (exact) mass is 347 g/mol. The Hall–Kier alpha value is -0.0600. The van der Waals surface area contributed by atoms with Crippen molar-refractivity contribution in [1.29, 1.82) is 0 Å². The molecule has 1 unspecified atom stereocenters. The third-order valence-corrected chi connectivity index (χ3v) is 4.28. The quantitative estimate of drug-likeness (QED) is 0.774. The summed E-state index contributed by atoms with van der Waals surface area (Å²) in [7, 11) is 2.13. The molecule has 0 aliphatic carbocycles. The van der Waals surface area contributed by atoms with Crippen LogP contribution in [0.25, 0.3) is 0 Å². The van der Waals surface area contributed by atoms with Crippen molar-refractivity contribution in [3.8, 4) is 0 Å². The molecule has 1 aromatic carbocycles. The average Bonchev–Trinajstić information content (AvgIpc) is 2.81. The van der Waals surface area contributed by atoms with Gasteiger partial charge in [-0.05, 0) is 40.0 Å². The van der Waals surface area contributed by atoms with Crippen LogP contribution in [0.3, 0.4) is 0 Å². The Kier molecular flexibility index (Phi) is 4.27. The summed E-state index contributed by atoms with van der Waals surface area (Å²) in [5, 5.41) is 0.891. The van der Waals surface area contributed by atoms with Gasteiger partial charge in [-0.15, -0.1) is 0 Å². The molecule has 0 saturated carbocycles. The lowest BCUT2D eigenvalue weighted by Gasteiger charge is -2.26. The van der Waals surface area contributed by atoms with E-state index < -0.39 is 0 Å². The lowest BCUT2D eigenvalue weighted by atomic mass is 10.1. The Balaban J connectivity index is 2.19. The van der Waals surface area contributed by atoms with Gasteiger partial charge in [-0.3, -0.25) is 0 Å². The van der Waals surface area contributed by atoms with Gasteiger partial charge in [0.05, 0.1) is 18.3 Å². The van der Waals surface area contributed by atoms with Crippen molar-refractivity contribution < 1.29 is 4.74 Å². The molecule has 0 N–H and O–H groups in total. The van der Waals surface area contributed by atoms with Crippen LogP contribution in [-0.2, 0) is 10.1 Å². The van der Waals surface area contributed by atoms with Gasteiger partial charge in [-0.1, -0.05) is 22.0 Å². The molecule has 16 heavy (non-hydrogen) atoms. The van der Waals surface area contributed by atoms with Crippen molar-refractivity contribution in [2.24, 2.45) is 0 Å². The van der Waals surface area contributed by atoms with E-state index in [2.05, 4.69) is 62.0 Å². The van der Waals surface area contributed by atoms with E-state index in [-0.39, 0.29) is 0 Å². The number of rotatable bonds is 3. The molecule has 4 heteroatoms. The Morgan fingerprint density at radius 2 is 2.31 bits per heavy atom. The second kappa shape index (κ2) is 5.52. The minimum Gasteiger partial charge on any atom is -0.379 e. The Bertz CT molecular complexity index is 364. The van der Waals surface area contributed by atoms with Crippen molar-refractivity contribution in [3.63, 3.8) is 0 Å². The first kappa shape index (κ1) is 12.4. The molecule has 0 bridgehead atoms. The van der Waals surface area contributed by atoms with Crippen molar-refractivity contribution in [2.75, 3.05) is 25.2 Å². The summed E-state index contributed by atoms with van der Waals surface area (Å²) in [6.07, 6.45) is 1.11. The molecule has 0 radical (unpaired) electrons. The van der Waals surface area contributed by atoms with Gasteiger partial charge in [-0.25, -0.2) is 0 Å². The van der Waals surface area contributed by atoms with E-state index in [4.69, 9.17) is 4.74 Å². The van der Waals surface area contributed by atoms with Crippen LogP contribution in [0, 0.1) is 0 Å². The molecule has 1 aliphatic rings. The zero-order chi connectivity index (χ0) is 11.5. The van der Waals surface area contributed by atoms with Gasteiger partial charge < -0.3 is 9.64 Å². The lowest BCUT2D eigenvalue weighted by molar-refractivity contribution is 0.193. The van der Waals surface area contributed by atoms with Crippen LogP contribution in [0.4, 0.5) is 5.69 Å². The second-order valence-electron chi connectivity index (χ2n) is 4.05.